The molecule has 2 atom stereocenters. The van der Waals surface area contributed by atoms with Crippen LogP contribution in [-0.4, -0.2) is 79.2 Å². The summed E-state index contributed by atoms with van der Waals surface area (Å²) in [5, 5.41) is 6.76. The first-order valence-electron chi connectivity index (χ1n) is 10.9. The monoisotopic (exact) mass is 537 g/mol. The summed E-state index contributed by atoms with van der Waals surface area (Å²) in [5.74, 6) is 1.46. The van der Waals surface area contributed by atoms with Gasteiger partial charge in [0.05, 0.1) is 0 Å². The Labute approximate surface area is 198 Å². The average Bonchev–Trinajstić information content (AvgIpc) is 2.64. The van der Waals surface area contributed by atoms with Crippen molar-refractivity contribution >= 4 is 41.9 Å². The lowest BCUT2D eigenvalue weighted by atomic mass is 9.95. The topological polar surface area (TPSA) is 86.3 Å². The SMILES string of the molecule is CCNC(=NCCC1CCCN(C(=O)OC(C)(C)C)C1)NC1CCC(=O)N(C)C1.I. The van der Waals surface area contributed by atoms with Gasteiger partial charge in [0.2, 0.25) is 5.91 Å². The third kappa shape index (κ3) is 9.26. The van der Waals surface area contributed by atoms with Crippen molar-refractivity contribution in [2.75, 3.05) is 39.8 Å². The number of nitrogens with one attached hydrogen (secondary N) is 2. The lowest BCUT2D eigenvalue weighted by molar-refractivity contribution is -0.132. The number of carbonyl (C=O) groups excluding carboxylic acids is 2. The second-order valence-corrected chi connectivity index (χ2v) is 9.14. The summed E-state index contributed by atoms with van der Waals surface area (Å²) in [7, 11) is 1.85. The predicted molar refractivity (Wildman–Crippen MR) is 130 cm³/mol. The molecule has 2 amide bonds. The third-order valence-electron chi connectivity index (χ3n) is 5.29. The van der Waals surface area contributed by atoms with E-state index in [9.17, 15) is 9.59 Å². The quantitative estimate of drug-likeness (QED) is 0.320. The van der Waals surface area contributed by atoms with Crippen molar-refractivity contribution in [1.82, 2.24) is 20.4 Å². The summed E-state index contributed by atoms with van der Waals surface area (Å²) in [4.78, 5) is 32.3. The number of carbonyl (C=O) groups is 2. The van der Waals surface area contributed by atoms with E-state index in [1.165, 1.54) is 0 Å². The van der Waals surface area contributed by atoms with Crippen molar-refractivity contribution in [2.24, 2.45) is 10.9 Å². The van der Waals surface area contributed by atoms with E-state index < -0.39 is 5.60 Å². The molecule has 2 aliphatic heterocycles. The van der Waals surface area contributed by atoms with Gasteiger partial charge in [0.1, 0.15) is 5.60 Å². The summed E-state index contributed by atoms with van der Waals surface area (Å²) < 4.78 is 5.51. The minimum Gasteiger partial charge on any atom is -0.444 e. The number of halogens is 1. The molecule has 9 heteroatoms. The summed E-state index contributed by atoms with van der Waals surface area (Å²) >= 11 is 0. The zero-order valence-corrected chi connectivity index (χ0v) is 21.5. The number of likely N-dealkylation sites (tertiary alicyclic amines) is 2. The largest absolute Gasteiger partial charge is 0.444 e. The van der Waals surface area contributed by atoms with Crippen LogP contribution in [-0.2, 0) is 9.53 Å². The normalized spacial score (nSPS) is 23.0. The lowest BCUT2D eigenvalue weighted by Crippen LogP contribution is -2.51. The summed E-state index contributed by atoms with van der Waals surface area (Å²) in [6.45, 7) is 11.5. The number of amides is 2. The maximum Gasteiger partial charge on any atom is 0.410 e. The van der Waals surface area contributed by atoms with E-state index in [-0.39, 0.29) is 42.0 Å². The number of ether oxygens (including phenoxy) is 1. The molecule has 2 aliphatic rings. The minimum absolute atomic E-state index is 0. The van der Waals surface area contributed by atoms with Crippen LogP contribution < -0.4 is 10.6 Å². The number of piperidine rings is 2. The van der Waals surface area contributed by atoms with Gasteiger partial charge in [-0.1, -0.05) is 0 Å². The Hall–Kier alpha value is -1.26. The van der Waals surface area contributed by atoms with E-state index in [4.69, 9.17) is 9.73 Å². The fourth-order valence-electron chi connectivity index (χ4n) is 3.80. The van der Waals surface area contributed by atoms with Gasteiger partial charge in [0.15, 0.2) is 5.96 Å². The molecule has 0 aromatic carbocycles. The van der Waals surface area contributed by atoms with Crippen LogP contribution in [0.15, 0.2) is 4.99 Å². The van der Waals surface area contributed by atoms with Crippen molar-refractivity contribution in [3.63, 3.8) is 0 Å². The molecule has 0 radical (unpaired) electrons. The van der Waals surface area contributed by atoms with Gasteiger partial charge in [-0.2, -0.15) is 0 Å². The Balaban J connectivity index is 0.00000450. The number of hydrogen-bond acceptors (Lipinski definition) is 4. The van der Waals surface area contributed by atoms with Gasteiger partial charge in [-0.3, -0.25) is 9.79 Å². The van der Waals surface area contributed by atoms with E-state index in [0.717, 1.165) is 51.3 Å². The molecule has 2 unspecified atom stereocenters. The number of rotatable bonds is 5. The van der Waals surface area contributed by atoms with E-state index in [2.05, 4.69) is 10.6 Å². The van der Waals surface area contributed by atoms with Gasteiger partial charge in [0.25, 0.3) is 0 Å². The van der Waals surface area contributed by atoms with E-state index in [1.807, 2.05) is 39.6 Å². The Morgan fingerprint density at radius 3 is 2.63 bits per heavy atom. The molecule has 2 saturated heterocycles. The zero-order chi connectivity index (χ0) is 21.4. The fourth-order valence-corrected chi connectivity index (χ4v) is 3.80. The molecule has 0 spiro atoms. The van der Waals surface area contributed by atoms with Crippen LogP contribution in [0.2, 0.25) is 0 Å². The molecule has 0 bridgehead atoms. The molecule has 2 fully saturated rings. The maximum absolute atomic E-state index is 12.3. The van der Waals surface area contributed by atoms with E-state index in [1.54, 1.807) is 4.90 Å². The highest BCUT2D eigenvalue weighted by Gasteiger charge is 2.27. The summed E-state index contributed by atoms with van der Waals surface area (Å²) in [6.07, 6.45) is 4.27. The van der Waals surface area contributed by atoms with Crippen LogP contribution in [0.4, 0.5) is 4.79 Å². The fraction of sp³-hybridized carbons (Fsp3) is 0.857. The Bertz CT molecular complexity index is 594. The highest BCUT2D eigenvalue weighted by molar-refractivity contribution is 14.0. The molecule has 2 N–H and O–H groups in total. The summed E-state index contributed by atoms with van der Waals surface area (Å²) in [6, 6.07) is 0.229. The zero-order valence-electron chi connectivity index (χ0n) is 19.2. The Morgan fingerprint density at radius 2 is 2.00 bits per heavy atom. The first-order valence-corrected chi connectivity index (χ1v) is 10.9. The maximum atomic E-state index is 12.3. The van der Waals surface area contributed by atoms with E-state index in [0.29, 0.717) is 25.4 Å². The molecular weight excluding hydrogens is 497 g/mol. The minimum atomic E-state index is -0.460. The first-order chi connectivity index (χ1) is 13.7. The molecule has 0 aliphatic carbocycles. The van der Waals surface area contributed by atoms with Gasteiger partial charge < -0.3 is 25.2 Å². The standard InChI is InChI=1S/C21H39N5O3.HI/c1-6-22-19(24-17-9-10-18(27)25(5)15-17)23-12-11-16-8-7-13-26(14-16)20(28)29-21(2,3)4;/h16-17H,6-15H2,1-5H3,(H2,22,23,24);1H. The lowest BCUT2D eigenvalue weighted by Gasteiger charge is -2.34. The van der Waals surface area contributed by atoms with Gasteiger partial charge in [-0.05, 0) is 59.3 Å². The molecule has 2 heterocycles. The molecule has 2 rings (SSSR count). The van der Waals surface area contributed by atoms with Crippen molar-refractivity contribution in [3.05, 3.63) is 0 Å². The van der Waals surface area contributed by atoms with Gasteiger partial charge in [0, 0.05) is 52.2 Å². The highest BCUT2D eigenvalue weighted by Crippen LogP contribution is 2.21. The molecule has 0 saturated carbocycles. The first kappa shape index (κ1) is 26.8. The van der Waals surface area contributed by atoms with Crippen LogP contribution in [0.1, 0.15) is 59.8 Å². The third-order valence-corrected chi connectivity index (χ3v) is 5.29. The molecule has 0 aromatic rings. The van der Waals surface area contributed by atoms with Crippen molar-refractivity contribution in [2.45, 2.75) is 71.4 Å². The Kier molecular flexibility index (Phi) is 11.2. The predicted octanol–water partition coefficient (Wildman–Crippen LogP) is 2.82. The second-order valence-electron chi connectivity index (χ2n) is 9.14. The highest BCUT2D eigenvalue weighted by atomic mass is 127. The van der Waals surface area contributed by atoms with Crippen molar-refractivity contribution < 1.29 is 14.3 Å². The Morgan fingerprint density at radius 1 is 1.27 bits per heavy atom. The summed E-state index contributed by atoms with van der Waals surface area (Å²) in [5.41, 5.74) is -0.460. The molecular formula is C21H40IN5O3. The number of guanidine groups is 1. The number of aliphatic imine (C=N–C) groups is 1. The molecule has 30 heavy (non-hydrogen) atoms. The number of hydrogen-bond donors (Lipinski definition) is 2. The van der Waals surface area contributed by atoms with Crippen molar-refractivity contribution in [1.29, 1.82) is 0 Å². The van der Waals surface area contributed by atoms with Crippen LogP contribution in [0.5, 0.6) is 0 Å². The van der Waals surface area contributed by atoms with Crippen LogP contribution in [0.3, 0.4) is 0 Å². The van der Waals surface area contributed by atoms with Gasteiger partial charge in [-0.15, -0.1) is 24.0 Å². The number of nitrogens with zero attached hydrogens (tertiary/aromatic N) is 3. The second kappa shape index (κ2) is 12.6. The molecule has 0 aromatic heterocycles. The molecule has 8 nitrogen and oxygen atoms in total. The van der Waals surface area contributed by atoms with Crippen LogP contribution in [0.25, 0.3) is 0 Å². The average molecular weight is 537 g/mol. The smallest absolute Gasteiger partial charge is 0.410 e. The number of likely N-dealkylation sites (N-methyl/N-ethyl adjacent to an activating group) is 1. The van der Waals surface area contributed by atoms with Crippen LogP contribution >= 0.6 is 24.0 Å². The van der Waals surface area contributed by atoms with Gasteiger partial charge >= 0.3 is 6.09 Å². The van der Waals surface area contributed by atoms with Gasteiger partial charge in [-0.25, -0.2) is 4.79 Å². The van der Waals surface area contributed by atoms with E-state index >= 15 is 0 Å². The van der Waals surface area contributed by atoms with Crippen molar-refractivity contribution in [3.8, 4) is 0 Å². The van der Waals surface area contributed by atoms with Crippen LogP contribution in [0, 0.1) is 5.92 Å². The molecule has 174 valence electrons.